The summed E-state index contributed by atoms with van der Waals surface area (Å²) < 4.78 is 2.05. The van der Waals surface area contributed by atoms with Gasteiger partial charge in [0, 0.05) is 19.6 Å². The van der Waals surface area contributed by atoms with Crippen LogP contribution in [0.25, 0.3) is 11.0 Å². The van der Waals surface area contributed by atoms with Crippen LogP contribution in [-0.2, 0) is 7.05 Å². The van der Waals surface area contributed by atoms with Crippen LogP contribution in [-0.4, -0.2) is 27.2 Å². The zero-order valence-electron chi connectivity index (χ0n) is 11.7. The molecule has 19 heavy (non-hydrogen) atoms. The predicted octanol–water partition coefficient (Wildman–Crippen LogP) is 2.08. The molecule has 0 aliphatic heterocycles. The number of imidazole rings is 1. The number of hydrogen-bond acceptors (Lipinski definition) is 3. The first kappa shape index (κ1) is 13.8. The van der Waals surface area contributed by atoms with Crippen LogP contribution in [0.2, 0.25) is 0 Å². The first-order chi connectivity index (χ1) is 9.04. The van der Waals surface area contributed by atoms with Gasteiger partial charge in [-0.05, 0) is 31.5 Å². The molecule has 2 aromatic rings. The molecular weight excluding hydrogens is 238 g/mol. The van der Waals surface area contributed by atoms with Crippen LogP contribution >= 0.6 is 0 Å². The lowest BCUT2D eigenvalue weighted by molar-refractivity contribution is 0.138. The molecule has 2 unspecified atom stereocenters. The number of hydrogen-bond donors (Lipinski definition) is 2. The van der Waals surface area contributed by atoms with E-state index in [0.717, 1.165) is 22.4 Å². The van der Waals surface area contributed by atoms with E-state index in [9.17, 15) is 5.11 Å². The van der Waals surface area contributed by atoms with Crippen LogP contribution in [0.3, 0.4) is 0 Å². The summed E-state index contributed by atoms with van der Waals surface area (Å²) in [6, 6.07) is 5.90. The summed E-state index contributed by atoms with van der Waals surface area (Å²) in [4.78, 5) is 4.49. The molecule has 2 N–H and O–H groups in total. The highest BCUT2D eigenvalue weighted by Gasteiger charge is 2.16. The third-order valence-corrected chi connectivity index (χ3v) is 3.53. The second-order valence-electron chi connectivity index (χ2n) is 4.90. The van der Waals surface area contributed by atoms with E-state index in [4.69, 9.17) is 0 Å². The van der Waals surface area contributed by atoms with Crippen LogP contribution in [0, 0.1) is 6.92 Å². The zero-order valence-corrected chi connectivity index (χ0v) is 11.7. The van der Waals surface area contributed by atoms with Crippen LogP contribution in [0.1, 0.15) is 24.4 Å². The summed E-state index contributed by atoms with van der Waals surface area (Å²) >= 11 is 0. The van der Waals surface area contributed by atoms with Gasteiger partial charge in [-0.15, -0.1) is 6.58 Å². The SMILES string of the molecule is C=CCNC(C)C(O)c1ccc2c(c1)nc(C)n2C. The Balaban J connectivity index is 2.27. The van der Waals surface area contributed by atoms with Crippen molar-refractivity contribution in [1.82, 2.24) is 14.9 Å². The highest BCUT2D eigenvalue weighted by Crippen LogP contribution is 2.22. The van der Waals surface area contributed by atoms with Crippen molar-refractivity contribution in [2.75, 3.05) is 6.54 Å². The standard InChI is InChI=1S/C15H21N3O/c1-5-8-16-10(2)15(19)12-6-7-14-13(9-12)17-11(3)18(14)4/h5-7,9-10,15-16,19H,1,8H2,2-4H3. The van der Waals surface area contributed by atoms with Crippen molar-refractivity contribution in [3.8, 4) is 0 Å². The van der Waals surface area contributed by atoms with Gasteiger partial charge < -0.3 is 15.0 Å². The van der Waals surface area contributed by atoms with Gasteiger partial charge in [-0.25, -0.2) is 4.98 Å². The lowest BCUT2D eigenvalue weighted by Gasteiger charge is -2.20. The predicted molar refractivity (Wildman–Crippen MR) is 78.1 cm³/mol. The van der Waals surface area contributed by atoms with E-state index in [1.165, 1.54) is 0 Å². The number of nitrogens with zero attached hydrogens (tertiary/aromatic N) is 2. The Bertz CT molecular complexity index is 588. The van der Waals surface area contributed by atoms with Crippen molar-refractivity contribution >= 4 is 11.0 Å². The molecule has 1 aromatic carbocycles. The lowest BCUT2D eigenvalue weighted by atomic mass is 10.0. The van der Waals surface area contributed by atoms with Crippen LogP contribution in [0.5, 0.6) is 0 Å². The Morgan fingerprint density at radius 1 is 1.53 bits per heavy atom. The van der Waals surface area contributed by atoms with E-state index in [2.05, 4.69) is 16.9 Å². The van der Waals surface area contributed by atoms with Gasteiger partial charge in [0.1, 0.15) is 5.82 Å². The van der Waals surface area contributed by atoms with Crippen LogP contribution in [0.15, 0.2) is 30.9 Å². The summed E-state index contributed by atoms with van der Waals surface area (Å²) in [6.07, 6.45) is 1.24. The maximum Gasteiger partial charge on any atom is 0.106 e. The maximum absolute atomic E-state index is 10.3. The van der Waals surface area contributed by atoms with E-state index in [0.29, 0.717) is 6.54 Å². The first-order valence-electron chi connectivity index (χ1n) is 6.50. The molecule has 0 aliphatic carbocycles. The summed E-state index contributed by atoms with van der Waals surface area (Å²) in [5.74, 6) is 0.972. The molecule has 4 heteroatoms. The number of nitrogens with one attached hydrogen (secondary N) is 1. The maximum atomic E-state index is 10.3. The second-order valence-corrected chi connectivity index (χ2v) is 4.90. The van der Waals surface area contributed by atoms with Gasteiger partial charge in [-0.2, -0.15) is 0 Å². The average Bonchev–Trinajstić information content (AvgIpc) is 2.70. The first-order valence-corrected chi connectivity index (χ1v) is 6.50. The molecule has 4 nitrogen and oxygen atoms in total. The number of fused-ring (bicyclic) bond motifs is 1. The molecule has 0 amide bonds. The fourth-order valence-corrected chi connectivity index (χ4v) is 2.19. The molecule has 0 bridgehead atoms. The van der Waals surface area contributed by atoms with Gasteiger partial charge in [-0.3, -0.25) is 0 Å². The molecule has 0 radical (unpaired) electrons. The Kier molecular flexibility index (Phi) is 4.02. The minimum absolute atomic E-state index is 0.0275. The molecule has 0 fully saturated rings. The van der Waals surface area contributed by atoms with Crippen molar-refractivity contribution in [2.24, 2.45) is 7.05 Å². The van der Waals surface area contributed by atoms with E-state index < -0.39 is 6.10 Å². The second kappa shape index (κ2) is 5.55. The molecule has 0 saturated heterocycles. The third-order valence-electron chi connectivity index (χ3n) is 3.53. The summed E-state index contributed by atoms with van der Waals surface area (Å²) in [6.45, 7) is 8.28. The Morgan fingerprint density at radius 3 is 2.95 bits per heavy atom. The Hall–Kier alpha value is -1.65. The number of aliphatic hydroxyl groups is 1. The van der Waals surface area contributed by atoms with Crippen molar-refractivity contribution in [3.63, 3.8) is 0 Å². The number of aryl methyl sites for hydroxylation is 2. The smallest absolute Gasteiger partial charge is 0.106 e. The van der Waals surface area contributed by atoms with Crippen molar-refractivity contribution in [3.05, 3.63) is 42.2 Å². The largest absolute Gasteiger partial charge is 0.387 e. The molecule has 102 valence electrons. The fraction of sp³-hybridized carbons (Fsp3) is 0.400. The number of benzene rings is 1. The van der Waals surface area contributed by atoms with E-state index in [1.807, 2.05) is 43.7 Å². The molecule has 0 saturated carbocycles. The summed E-state index contributed by atoms with van der Waals surface area (Å²) in [7, 11) is 2.00. The average molecular weight is 259 g/mol. The minimum Gasteiger partial charge on any atom is -0.387 e. The van der Waals surface area contributed by atoms with Crippen molar-refractivity contribution < 1.29 is 5.11 Å². The van der Waals surface area contributed by atoms with Gasteiger partial charge in [0.2, 0.25) is 0 Å². The molecule has 0 aliphatic rings. The third kappa shape index (κ3) is 2.69. The van der Waals surface area contributed by atoms with Crippen LogP contribution < -0.4 is 5.32 Å². The summed E-state index contributed by atoms with van der Waals surface area (Å²) in [5, 5.41) is 13.5. The number of rotatable bonds is 5. The van der Waals surface area contributed by atoms with Gasteiger partial charge in [0.15, 0.2) is 0 Å². The molecule has 1 heterocycles. The van der Waals surface area contributed by atoms with Gasteiger partial charge in [0.05, 0.1) is 17.1 Å². The molecular formula is C15H21N3O. The monoisotopic (exact) mass is 259 g/mol. The number of aliphatic hydroxyl groups excluding tert-OH is 1. The minimum atomic E-state index is -0.549. The van der Waals surface area contributed by atoms with E-state index in [1.54, 1.807) is 6.08 Å². The van der Waals surface area contributed by atoms with Gasteiger partial charge in [0.25, 0.3) is 0 Å². The van der Waals surface area contributed by atoms with Crippen molar-refractivity contribution in [1.29, 1.82) is 0 Å². The highest BCUT2D eigenvalue weighted by molar-refractivity contribution is 5.76. The van der Waals surface area contributed by atoms with Crippen molar-refractivity contribution in [2.45, 2.75) is 26.0 Å². The quantitative estimate of drug-likeness (QED) is 0.808. The topological polar surface area (TPSA) is 50.1 Å². The highest BCUT2D eigenvalue weighted by atomic mass is 16.3. The normalized spacial score (nSPS) is 14.5. The van der Waals surface area contributed by atoms with E-state index in [-0.39, 0.29) is 6.04 Å². The van der Waals surface area contributed by atoms with E-state index >= 15 is 0 Å². The summed E-state index contributed by atoms with van der Waals surface area (Å²) in [5.41, 5.74) is 2.89. The van der Waals surface area contributed by atoms with Crippen LogP contribution in [0.4, 0.5) is 0 Å². The zero-order chi connectivity index (χ0) is 14.0. The molecule has 1 aromatic heterocycles. The lowest BCUT2D eigenvalue weighted by Crippen LogP contribution is -2.32. The molecule has 2 atom stereocenters. The number of aromatic nitrogens is 2. The Morgan fingerprint density at radius 2 is 2.26 bits per heavy atom. The fourth-order valence-electron chi connectivity index (χ4n) is 2.19. The molecule has 2 rings (SSSR count). The van der Waals surface area contributed by atoms with Gasteiger partial charge in [-0.1, -0.05) is 12.1 Å². The Labute approximate surface area is 113 Å². The molecule has 0 spiro atoms. The van der Waals surface area contributed by atoms with Gasteiger partial charge >= 0.3 is 0 Å².